The number of aliphatic imine (C=N–C) groups is 1. The standard InChI is InChI=1S/C21H22N4O2/c1-27-19-7-3-2-6-18(19)24-21(22)23-14-16-9-11-17(12-10-16)15-25-13-5-4-8-20(25)26/h2-13H,14-15H2,1H3,(H3,22,23,24). The number of benzene rings is 2. The van der Waals surface area contributed by atoms with Gasteiger partial charge < -0.3 is 20.4 Å². The summed E-state index contributed by atoms with van der Waals surface area (Å²) in [7, 11) is 1.61. The maximum atomic E-state index is 11.8. The van der Waals surface area contributed by atoms with E-state index in [-0.39, 0.29) is 5.56 Å². The molecule has 0 aliphatic rings. The molecule has 6 nitrogen and oxygen atoms in total. The van der Waals surface area contributed by atoms with Crippen LogP contribution in [-0.2, 0) is 13.1 Å². The molecule has 0 fully saturated rings. The molecule has 138 valence electrons. The van der Waals surface area contributed by atoms with E-state index in [1.807, 2.05) is 54.6 Å². The van der Waals surface area contributed by atoms with Gasteiger partial charge in [0.2, 0.25) is 0 Å². The first kappa shape index (κ1) is 18.3. The normalized spacial score (nSPS) is 11.2. The molecular weight excluding hydrogens is 340 g/mol. The van der Waals surface area contributed by atoms with Gasteiger partial charge in [0.25, 0.3) is 5.56 Å². The van der Waals surface area contributed by atoms with Gasteiger partial charge in [-0.2, -0.15) is 0 Å². The zero-order valence-corrected chi connectivity index (χ0v) is 15.1. The number of guanidine groups is 1. The van der Waals surface area contributed by atoms with Gasteiger partial charge in [-0.25, -0.2) is 4.99 Å². The van der Waals surface area contributed by atoms with Crippen LogP contribution in [0.5, 0.6) is 5.75 Å². The minimum absolute atomic E-state index is 0.0126. The van der Waals surface area contributed by atoms with Gasteiger partial charge in [-0.15, -0.1) is 0 Å². The molecule has 2 aromatic carbocycles. The summed E-state index contributed by atoms with van der Waals surface area (Å²) in [5, 5.41) is 3.05. The number of ether oxygens (including phenoxy) is 1. The summed E-state index contributed by atoms with van der Waals surface area (Å²) < 4.78 is 6.95. The fourth-order valence-corrected chi connectivity index (χ4v) is 2.64. The monoisotopic (exact) mass is 362 g/mol. The average Bonchev–Trinajstić information content (AvgIpc) is 2.69. The number of nitrogens with zero attached hydrogens (tertiary/aromatic N) is 2. The Balaban J connectivity index is 1.61. The number of nitrogens with two attached hydrogens (primary N) is 1. The summed E-state index contributed by atoms with van der Waals surface area (Å²) in [4.78, 5) is 16.1. The first-order valence-electron chi connectivity index (χ1n) is 8.59. The Labute approximate surface area is 157 Å². The fourth-order valence-electron chi connectivity index (χ4n) is 2.64. The Bertz CT molecular complexity index is 978. The van der Waals surface area contributed by atoms with E-state index in [1.54, 1.807) is 30.0 Å². The number of anilines is 1. The molecule has 3 rings (SSSR count). The van der Waals surface area contributed by atoms with Crippen molar-refractivity contribution in [3.8, 4) is 5.75 Å². The van der Waals surface area contributed by atoms with Crippen molar-refractivity contribution in [2.24, 2.45) is 10.7 Å². The van der Waals surface area contributed by atoms with E-state index in [0.29, 0.717) is 24.8 Å². The topological polar surface area (TPSA) is 81.6 Å². The Kier molecular flexibility index (Phi) is 5.89. The Morgan fingerprint density at radius 3 is 2.48 bits per heavy atom. The molecule has 0 aliphatic heterocycles. The molecule has 0 saturated carbocycles. The molecule has 1 aromatic heterocycles. The van der Waals surface area contributed by atoms with Crippen LogP contribution in [0, 0.1) is 0 Å². The van der Waals surface area contributed by atoms with Crippen LogP contribution in [0.1, 0.15) is 11.1 Å². The maximum absolute atomic E-state index is 11.8. The van der Waals surface area contributed by atoms with Gasteiger partial charge in [-0.05, 0) is 29.3 Å². The minimum atomic E-state index is -0.0126. The summed E-state index contributed by atoms with van der Waals surface area (Å²) in [6.07, 6.45) is 1.78. The number of rotatable bonds is 6. The molecule has 0 bridgehead atoms. The first-order valence-corrected chi connectivity index (χ1v) is 8.59. The van der Waals surface area contributed by atoms with Crippen molar-refractivity contribution in [1.29, 1.82) is 0 Å². The van der Waals surface area contributed by atoms with Crippen LogP contribution < -0.4 is 21.3 Å². The summed E-state index contributed by atoms with van der Waals surface area (Å²) >= 11 is 0. The zero-order valence-electron chi connectivity index (χ0n) is 15.1. The third-order valence-corrected chi connectivity index (χ3v) is 4.08. The van der Waals surface area contributed by atoms with Crippen molar-refractivity contribution in [3.05, 3.63) is 94.4 Å². The molecule has 0 radical (unpaired) electrons. The van der Waals surface area contributed by atoms with E-state index in [2.05, 4.69) is 10.3 Å². The van der Waals surface area contributed by atoms with Crippen molar-refractivity contribution >= 4 is 11.6 Å². The molecule has 3 aromatic rings. The molecule has 0 aliphatic carbocycles. The van der Waals surface area contributed by atoms with Gasteiger partial charge in [-0.1, -0.05) is 42.5 Å². The number of hydrogen-bond acceptors (Lipinski definition) is 3. The number of hydrogen-bond donors (Lipinski definition) is 2. The van der Waals surface area contributed by atoms with Gasteiger partial charge in [0, 0.05) is 12.3 Å². The lowest BCUT2D eigenvalue weighted by Gasteiger charge is -2.10. The summed E-state index contributed by atoms with van der Waals surface area (Å²) in [6.45, 7) is 1.00. The van der Waals surface area contributed by atoms with E-state index in [0.717, 1.165) is 16.8 Å². The highest BCUT2D eigenvalue weighted by Crippen LogP contribution is 2.22. The predicted molar refractivity (Wildman–Crippen MR) is 108 cm³/mol. The molecule has 3 N–H and O–H groups in total. The Hall–Kier alpha value is -3.54. The van der Waals surface area contributed by atoms with Crippen LogP contribution in [-0.4, -0.2) is 17.6 Å². The highest BCUT2D eigenvalue weighted by molar-refractivity contribution is 5.93. The predicted octanol–water partition coefficient (Wildman–Crippen LogP) is 2.83. The number of para-hydroxylation sites is 2. The van der Waals surface area contributed by atoms with Crippen molar-refractivity contribution in [3.63, 3.8) is 0 Å². The van der Waals surface area contributed by atoms with Gasteiger partial charge >= 0.3 is 0 Å². The number of methoxy groups -OCH3 is 1. The van der Waals surface area contributed by atoms with E-state index in [9.17, 15) is 4.79 Å². The molecule has 0 spiro atoms. The largest absolute Gasteiger partial charge is 0.495 e. The molecule has 0 unspecified atom stereocenters. The Morgan fingerprint density at radius 2 is 1.74 bits per heavy atom. The summed E-state index contributed by atoms with van der Waals surface area (Å²) in [5.74, 6) is 1.02. The lowest BCUT2D eigenvalue weighted by atomic mass is 10.1. The van der Waals surface area contributed by atoms with Gasteiger partial charge in [0.15, 0.2) is 5.96 Å². The number of aromatic nitrogens is 1. The SMILES string of the molecule is COc1ccccc1NC(N)=NCc1ccc(Cn2ccccc2=O)cc1. The van der Waals surface area contributed by atoms with Crippen LogP contribution >= 0.6 is 0 Å². The van der Waals surface area contributed by atoms with Crippen LogP contribution in [0.15, 0.2) is 82.7 Å². The quantitative estimate of drug-likeness (QED) is 0.522. The molecule has 0 atom stereocenters. The van der Waals surface area contributed by atoms with Gasteiger partial charge in [0.1, 0.15) is 5.75 Å². The number of nitrogens with one attached hydrogen (secondary N) is 1. The van der Waals surface area contributed by atoms with E-state index >= 15 is 0 Å². The second kappa shape index (κ2) is 8.71. The van der Waals surface area contributed by atoms with Crippen molar-refractivity contribution in [2.45, 2.75) is 13.1 Å². The van der Waals surface area contributed by atoms with Crippen molar-refractivity contribution in [2.75, 3.05) is 12.4 Å². The zero-order chi connectivity index (χ0) is 19.1. The van der Waals surface area contributed by atoms with Gasteiger partial charge in [-0.3, -0.25) is 4.79 Å². The Morgan fingerprint density at radius 1 is 1.04 bits per heavy atom. The third kappa shape index (κ3) is 4.98. The molecule has 0 amide bonds. The fraction of sp³-hybridized carbons (Fsp3) is 0.143. The van der Waals surface area contributed by atoms with Crippen molar-refractivity contribution in [1.82, 2.24) is 4.57 Å². The third-order valence-electron chi connectivity index (χ3n) is 4.08. The highest BCUT2D eigenvalue weighted by atomic mass is 16.5. The smallest absolute Gasteiger partial charge is 0.250 e. The second-order valence-electron chi connectivity index (χ2n) is 6.01. The summed E-state index contributed by atoms with van der Waals surface area (Å²) in [6, 6.07) is 20.6. The lowest BCUT2D eigenvalue weighted by molar-refractivity contribution is 0.417. The summed E-state index contributed by atoms with van der Waals surface area (Å²) in [5.41, 5.74) is 8.81. The molecule has 1 heterocycles. The van der Waals surface area contributed by atoms with E-state index in [1.165, 1.54) is 0 Å². The molecule has 6 heteroatoms. The van der Waals surface area contributed by atoms with Crippen LogP contribution in [0.2, 0.25) is 0 Å². The lowest BCUT2D eigenvalue weighted by Crippen LogP contribution is -2.22. The average molecular weight is 362 g/mol. The minimum Gasteiger partial charge on any atom is -0.495 e. The molecule has 0 saturated heterocycles. The van der Waals surface area contributed by atoms with Crippen molar-refractivity contribution < 1.29 is 4.74 Å². The molecular formula is C21H22N4O2. The van der Waals surface area contributed by atoms with Gasteiger partial charge in [0.05, 0.1) is 25.9 Å². The second-order valence-corrected chi connectivity index (χ2v) is 6.01. The first-order chi connectivity index (χ1) is 13.2. The number of pyridine rings is 1. The van der Waals surface area contributed by atoms with E-state index < -0.39 is 0 Å². The van der Waals surface area contributed by atoms with E-state index in [4.69, 9.17) is 10.5 Å². The maximum Gasteiger partial charge on any atom is 0.250 e. The van der Waals surface area contributed by atoms with Crippen LogP contribution in [0.25, 0.3) is 0 Å². The van der Waals surface area contributed by atoms with Crippen LogP contribution in [0.4, 0.5) is 5.69 Å². The highest BCUT2D eigenvalue weighted by Gasteiger charge is 2.02. The molecule has 27 heavy (non-hydrogen) atoms. The van der Waals surface area contributed by atoms with Crippen LogP contribution in [0.3, 0.4) is 0 Å².